The molecule has 156 valence electrons. The quantitative estimate of drug-likeness (QED) is 0.291. The number of ether oxygens (including phenoxy) is 2. The largest absolute Gasteiger partial charge is 0.458 e. The minimum atomic E-state index is -0.469. The standard InChI is InChI=1S/C23H27BN2O4/c1-23(2,26-12-14-28-15-13-26)22(19-8-10-20(24)11-9-19)25-30-17-21(27)29-16-18-6-4-3-5-7-18/h3-11H,12-17H2,1-2H3/b25-22-. The van der Waals surface area contributed by atoms with E-state index in [1.807, 2.05) is 54.6 Å². The number of nitrogens with zero attached hydrogens (tertiary/aromatic N) is 2. The molecule has 0 spiro atoms. The minimum absolute atomic E-state index is 0.205. The molecule has 0 N–H and O–H groups in total. The highest BCUT2D eigenvalue weighted by Crippen LogP contribution is 2.23. The van der Waals surface area contributed by atoms with Gasteiger partial charge in [-0.05, 0) is 19.4 Å². The molecule has 6 nitrogen and oxygen atoms in total. The predicted molar refractivity (Wildman–Crippen MR) is 117 cm³/mol. The van der Waals surface area contributed by atoms with Crippen molar-refractivity contribution in [3.05, 3.63) is 65.7 Å². The Balaban J connectivity index is 1.68. The summed E-state index contributed by atoms with van der Waals surface area (Å²) in [6.07, 6.45) is 0. The lowest BCUT2D eigenvalue weighted by Gasteiger charge is -2.41. The summed E-state index contributed by atoms with van der Waals surface area (Å²) in [6, 6.07) is 17.0. The van der Waals surface area contributed by atoms with Gasteiger partial charge in [-0.15, -0.1) is 0 Å². The lowest BCUT2D eigenvalue weighted by atomic mass is 9.87. The fourth-order valence-corrected chi connectivity index (χ4v) is 3.36. The molecule has 2 aromatic carbocycles. The normalized spacial score (nSPS) is 15.6. The number of oxime groups is 1. The van der Waals surface area contributed by atoms with E-state index in [4.69, 9.17) is 22.2 Å². The fraction of sp³-hybridized carbons (Fsp3) is 0.391. The fourth-order valence-electron chi connectivity index (χ4n) is 3.36. The first-order valence-corrected chi connectivity index (χ1v) is 10.1. The smallest absolute Gasteiger partial charge is 0.347 e. The number of carbonyl (C=O) groups excluding carboxylic acids is 1. The van der Waals surface area contributed by atoms with Crippen LogP contribution in [0.4, 0.5) is 0 Å². The zero-order valence-corrected chi connectivity index (χ0v) is 17.5. The van der Waals surface area contributed by atoms with Gasteiger partial charge in [0.1, 0.15) is 20.2 Å². The third kappa shape index (κ3) is 5.94. The van der Waals surface area contributed by atoms with Gasteiger partial charge >= 0.3 is 5.97 Å². The summed E-state index contributed by atoms with van der Waals surface area (Å²) in [5.74, 6) is -0.469. The maximum Gasteiger partial charge on any atom is 0.347 e. The lowest BCUT2D eigenvalue weighted by molar-refractivity contribution is -0.150. The van der Waals surface area contributed by atoms with E-state index in [0.29, 0.717) is 18.7 Å². The van der Waals surface area contributed by atoms with Crippen LogP contribution in [0.2, 0.25) is 0 Å². The zero-order valence-electron chi connectivity index (χ0n) is 17.5. The Morgan fingerprint density at radius 1 is 1.10 bits per heavy atom. The molecule has 0 unspecified atom stereocenters. The second-order valence-electron chi connectivity index (χ2n) is 7.64. The van der Waals surface area contributed by atoms with Gasteiger partial charge in [0, 0.05) is 18.7 Å². The number of benzene rings is 2. The average Bonchev–Trinajstić information content (AvgIpc) is 2.77. The Morgan fingerprint density at radius 3 is 2.43 bits per heavy atom. The molecule has 2 radical (unpaired) electrons. The number of hydrogen-bond donors (Lipinski definition) is 0. The Labute approximate surface area is 179 Å². The first-order valence-electron chi connectivity index (χ1n) is 10.1. The molecule has 0 aliphatic carbocycles. The van der Waals surface area contributed by atoms with E-state index >= 15 is 0 Å². The van der Waals surface area contributed by atoms with Crippen molar-refractivity contribution in [1.29, 1.82) is 0 Å². The Hall–Kier alpha value is -2.64. The molecule has 0 amide bonds. The highest BCUT2D eigenvalue weighted by Gasteiger charge is 2.35. The Bertz CT molecular complexity index is 847. The van der Waals surface area contributed by atoms with Gasteiger partial charge in [0.15, 0.2) is 0 Å². The molecular formula is C23H27BN2O4. The van der Waals surface area contributed by atoms with Gasteiger partial charge < -0.3 is 14.3 Å². The van der Waals surface area contributed by atoms with Crippen LogP contribution in [0.15, 0.2) is 59.8 Å². The van der Waals surface area contributed by atoms with Gasteiger partial charge in [-0.2, -0.15) is 0 Å². The summed E-state index contributed by atoms with van der Waals surface area (Å²) in [4.78, 5) is 19.8. The molecule has 30 heavy (non-hydrogen) atoms. The summed E-state index contributed by atoms with van der Waals surface area (Å²) in [5, 5.41) is 4.36. The average molecular weight is 406 g/mol. The van der Waals surface area contributed by atoms with Crippen molar-refractivity contribution in [2.45, 2.75) is 26.0 Å². The summed E-state index contributed by atoms with van der Waals surface area (Å²) < 4.78 is 10.7. The number of hydrogen-bond acceptors (Lipinski definition) is 6. The molecule has 1 heterocycles. The van der Waals surface area contributed by atoms with E-state index in [-0.39, 0.29) is 13.2 Å². The zero-order chi connectivity index (χ0) is 21.4. The molecule has 3 rings (SSSR count). The van der Waals surface area contributed by atoms with E-state index in [1.54, 1.807) is 0 Å². The van der Waals surface area contributed by atoms with Crippen molar-refractivity contribution < 1.29 is 19.1 Å². The second-order valence-corrected chi connectivity index (χ2v) is 7.64. The van der Waals surface area contributed by atoms with Crippen molar-refractivity contribution in [1.82, 2.24) is 4.90 Å². The van der Waals surface area contributed by atoms with Crippen molar-refractivity contribution >= 4 is 25.0 Å². The highest BCUT2D eigenvalue weighted by atomic mass is 16.7. The predicted octanol–water partition coefficient (Wildman–Crippen LogP) is 2.06. The topological polar surface area (TPSA) is 60.4 Å². The molecule has 1 saturated heterocycles. The summed E-state index contributed by atoms with van der Waals surface area (Å²) in [7, 11) is 5.84. The highest BCUT2D eigenvalue weighted by molar-refractivity contribution is 6.32. The molecule has 0 bridgehead atoms. The number of morpholine rings is 1. The Morgan fingerprint density at radius 2 is 1.77 bits per heavy atom. The van der Waals surface area contributed by atoms with Crippen molar-refractivity contribution in [3.63, 3.8) is 0 Å². The third-order valence-electron chi connectivity index (χ3n) is 5.15. The van der Waals surface area contributed by atoms with E-state index in [9.17, 15) is 4.79 Å². The molecule has 0 saturated carbocycles. The van der Waals surface area contributed by atoms with Crippen molar-refractivity contribution in [2.75, 3.05) is 32.9 Å². The minimum Gasteiger partial charge on any atom is -0.458 e. The van der Waals surface area contributed by atoms with Crippen LogP contribution in [0.25, 0.3) is 0 Å². The van der Waals surface area contributed by atoms with Gasteiger partial charge in [0.2, 0.25) is 6.61 Å². The summed E-state index contributed by atoms with van der Waals surface area (Å²) in [6.45, 7) is 7.05. The first kappa shape index (κ1) is 22.1. The maximum absolute atomic E-state index is 12.1. The molecule has 0 atom stereocenters. The van der Waals surface area contributed by atoms with Crippen LogP contribution in [-0.4, -0.2) is 62.9 Å². The third-order valence-corrected chi connectivity index (χ3v) is 5.15. The van der Waals surface area contributed by atoms with E-state index in [2.05, 4.69) is 23.9 Å². The van der Waals surface area contributed by atoms with Crippen molar-refractivity contribution in [2.24, 2.45) is 5.16 Å². The van der Waals surface area contributed by atoms with E-state index < -0.39 is 11.5 Å². The number of rotatable bonds is 8. The van der Waals surface area contributed by atoms with Crippen LogP contribution in [-0.2, 0) is 25.7 Å². The van der Waals surface area contributed by atoms with Crippen LogP contribution in [0.3, 0.4) is 0 Å². The first-order chi connectivity index (χ1) is 14.5. The summed E-state index contributed by atoms with van der Waals surface area (Å²) >= 11 is 0. The van der Waals surface area contributed by atoms with E-state index in [0.717, 1.165) is 29.9 Å². The number of esters is 1. The van der Waals surface area contributed by atoms with E-state index in [1.165, 1.54) is 0 Å². The van der Waals surface area contributed by atoms with Gasteiger partial charge in [-0.3, -0.25) is 4.90 Å². The molecule has 7 heteroatoms. The SMILES string of the molecule is [B]c1ccc(/C(=N/OCC(=O)OCc2ccccc2)C(C)(C)N2CCOCC2)cc1. The van der Waals surface area contributed by atoms with Gasteiger partial charge in [0.25, 0.3) is 0 Å². The monoisotopic (exact) mass is 406 g/mol. The van der Waals surface area contributed by atoms with Crippen LogP contribution >= 0.6 is 0 Å². The molecule has 2 aromatic rings. The maximum atomic E-state index is 12.1. The second kappa shape index (κ2) is 10.4. The van der Waals surface area contributed by atoms with Gasteiger partial charge in [-0.25, -0.2) is 4.79 Å². The molecule has 0 aromatic heterocycles. The lowest BCUT2D eigenvalue weighted by Crippen LogP contribution is -2.54. The molecule has 1 aliphatic heterocycles. The number of carbonyl (C=O) groups is 1. The van der Waals surface area contributed by atoms with Crippen LogP contribution < -0.4 is 5.46 Å². The van der Waals surface area contributed by atoms with Crippen LogP contribution in [0.1, 0.15) is 25.0 Å². The van der Waals surface area contributed by atoms with Gasteiger partial charge in [-0.1, -0.05) is 65.2 Å². The Kier molecular flexibility index (Phi) is 7.66. The summed E-state index contributed by atoms with van der Waals surface area (Å²) in [5.41, 5.74) is 2.78. The molecular weight excluding hydrogens is 379 g/mol. The van der Waals surface area contributed by atoms with Crippen LogP contribution in [0.5, 0.6) is 0 Å². The molecule has 1 aliphatic rings. The van der Waals surface area contributed by atoms with Gasteiger partial charge in [0.05, 0.1) is 18.8 Å². The van der Waals surface area contributed by atoms with Crippen LogP contribution in [0, 0.1) is 0 Å². The van der Waals surface area contributed by atoms with Crippen molar-refractivity contribution in [3.8, 4) is 0 Å². The molecule has 1 fully saturated rings.